The number of aliphatic carboxylic acids is 1. The normalized spacial score (nSPS) is 15.7. The highest BCUT2D eigenvalue weighted by molar-refractivity contribution is 7.21. The molecule has 1 aliphatic rings. The largest absolute Gasteiger partial charge is 0.481 e. The third-order valence-electron chi connectivity index (χ3n) is 7.49. The molecule has 1 atom stereocenters. The molecular formula is C29H31ClN2O5S. The van der Waals surface area contributed by atoms with E-state index in [-0.39, 0.29) is 23.3 Å². The van der Waals surface area contributed by atoms with Crippen molar-refractivity contribution in [2.24, 2.45) is 0 Å². The standard InChI is InChI=1S/C29H31ClN2O5S/c1-17-24(25-31-13-14-36-25)38-27-18(15-21(26(33)32(17)27)29(2,3)28(34)35)16-23(20-11-7-8-12-22(20)30)37-19-9-5-4-6-10-19/h7-8,11-15,19,23H,4-6,9-10,16H2,1-3H3,(H,34,35)/t23-/m0/s1. The average molecular weight is 555 g/mol. The molecule has 0 unspecified atom stereocenters. The Morgan fingerprint density at radius 2 is 2.03 bits per heavy atom. The Hall–Kier alpha value is -2.94. The second-order valence-corrected chi connectivity index (χ2v) is 11.8. The van der Waals surface area contributed by atoms with E-state index in [2.05, 4.69) is 4.98 Å². The van der Waals surface area contributed by atoms with E-state index in [0.29, 0.717) is 23.0 Å². The van der Waals surface area contributed by atoms with Gasteiger partial charge in [-0.05, 0) is 56.9 Å². The van der Waals surface area contributed by atoms with Gasteiger partial charge in [-0.2, -0.15) is 0 Å². The maximum atomic E-state index is 13.8. The number of hydrogen-bond acceptors (Lipinski definition) is 6. The third-order valence-corrected chi connectivity index (χ3v) is 9.15. The number of nitrogens with zero attached hydrogens (tertiary/aromatic N) is 2. The molecule has 200 valence electrons. The number of carbonyl (C=O) groups is 1. The number of carboxylic acids is 1. The van der Waals surface area contributed by atoms with Gasteiger partial charge in [0.05, 0.1) is 23.8 Å². The van der Waals surface area contributed by atoms with Gasteiger partial charge in [0.15, 0.2) is 0 Å². The fourth-order valence-electron chi connectivity index (χ4n) is 5.19. The molecule has 0 aliphatic heterocycles. The second kappa shape index (κ2) is 10.7. The summed E-state index contributed by atoms with van der Waals surface area (Å²) in [5.41, 5.74) is 0.821. The van der Waals surface area contributed by atoms with E-state index in [4.69, 9.17) is 20.8 Å². The Bertz CT molecular complexity index is 1520. The van der Waals surface area contributed by atoms with Crippen LogP contribution in [0.15, 0.2) is 52.0 Å². The lowest BCUT2D eigenvalue weighted by molar-refractivity contribution is -0.142. The number of aryl methyl sites for hydroxylation is 1. The van der Waals surface area contributed by atoms with Gasteiger partial charge in [0, 0.05) is 22.7 Å². The van der Waals surface area contributed by atoms with Crippen molar-refractivity contribution in [1.82, 2.24) is 9.38 Å². The van der Waals surface area contributed by atoms with E-state index in [0.717, 1.165) is 46.5 Å². The Labute approximate surface area is 230 Å². The van der Waals surface area contributed by atoms with Crippen LogP contribution in [-0.4, -0.2) is 26.6 Å². The number of halogens is 1. The number of carboxylic acid groups (broad SMARTS) is 1. The summed E-state index contributed by atoms with van der Waals surface area (Å²) in [5, 5.41) is 10.6. The number of thiazole rings is 1. The first-order valence-electron chi connectivity index (χ1n) is 12.9. The van der Waals surface area contributed by atoms with Gasteiger partial charge in [0.1, 0.15) is 16.0 Å². The summed E-state index contributed by atoms with van der Waals surface area (Å²) in [4.78, 5) is 31.7. The first-order valence-corrected chi connectivity index (χ1v) is 14.1. The fourth-order valence-corrected chi connectivity index (χ4v) is 6.65. The van der Waals surface area contributed by atoms with E-state index < -0.39 is 11.4 Å². The zero-order valence-electron chi connectivity index (χ0n) is 21.7. The van der Waals surface area contributed by atoms with Gasteiger partial charge in [-0.15, -0.1) is 11.3 Å². The lowest BCUT2D eigenvalue weighted by Gasteiger charge is -2.29. The number of hydrogen-bond donors (Lipinski definition) is 1. The zero-order chi connectivity index (χ0) is 27.0. The van der Waals surface area contributed by atoms with Gasteiger partial charge in [-0.1, -0.05) is 49.1 Å². The van der Waals surface area contributed by atoms with Crippen molar-refractivity contribution in [3.05, 3.63) is 80.6 Å². The minimum atomic E-state index is -1.39. The summed E-state index contributed by atoms with van der Waals surface area (Å²) in [7, 11) is 0. The van der Waals surface area contributed by atoms with Gasteiger partial charge >= 0.3 is 5.97 Å². The number of oxazole rings is 1. The van der Waals surface area contributed by atoms with E-state index in [1.807, 2.05) is 31.2 Å². The molecule has 9 heteroatoms. The quantitative estimate of drug-likeness (QED) is 0.253. The molecule has 0 radical (unpaired) electrons. The van der Waals surface area contributed by atoms with Crippen LogP contribution in [0, 0.1) is 6.92 Å². The van der Waals surface area contributed by atoms with Crippen LogP contribution in [0.5, 0.6) is 0 Å². The van der Waals surface area contributed by atoms with E-state index in [1.165, 1.54) is 24.0 Å². The molecule has 1 saturated carbocycles. The molecule has 5 rings (SSSR count). The van der Waals surface area contributed by atoms with Crippen LogP contribution in [0.2, 0.25) is 5.02 Å². The van der Waals surface area contributed by atoms with Crippen molar-refractivity contribution in [3.63, 3.8) is 0 Å². The van der Waals surface area contributed by atoms with E-state index in [9.17, 15) is 14.7 Å². The summed E-state index contributed by atoms with van der Waals surface area (Å²) in [6, 6.07) is 9.41. The number of aromatic nitrogens is 2. The first kappa shape index (κ1) is 26.7. The summed E-state index contributed by atoms with van der Waals surface area (Å²) in [6.45, 7) is 4.95. The SMILES string of the molecule is Cc1c(-c2ncco2)sc2c(C[C@H](OC3CCCCC3)c3ccccc3Cl)cc(C(C)(C)C(=O)O)c(=O)n12. The summed E-state index contributed by atoms with van der Waals surface area (Å²) in [5.74, 6) is -0.649. The highest BCUT2D eigenvalue weighted by Gasteiger charge is 2.35. The molecule has 1 aromatic carbocycles. The van der Waals surface area contributed by atoms with Gasteiger partial charge in [0.25, 0.3) is 5.56 Å². The van der Waals surface area contributed by atoms with E-state index in [1.54, 1.807) is 30.5 Å². The highest BCUT2D eigenvalue weighted by Crippen LogP contribution is 2.38. The summed E-state index contributed by atoms with van der Waals surface area (Å²) < 4.78 is 13.9. The zero-order valence-corrected chi connectivity index (χ0v) is 23.3. The Balaban J connectivity index is 1.70. The van der Waals surface area contributed by atoms with Gasteiger partial charge in [-0.3, -0.25) is 14.0 Å². The molecule has 0 spiro atoms. The molecule has 1 fully saturated rings. The van der Waals surface area contributed by atoms with Crippen LogP contribution in [0.3, 0.4) is 0 Å². The van der Waals surface area contributed by atoms with Gasteiger partial charge < -0.3 is 14.3 Å². The van der Waals surface area contributed by atoms with Gasteiger partial charge in [-0.25, -0.2) is 4.98 Å². The molecule has 38 heavy (non-hydrogen) atoms. The average Bonchev–Trinajstić information content (AvgIpc) is 3.54. The van der Waals surface area contributed by atoms with Crippen molar-refractivity contribution >= 4 is 33.7 Å². The highest BCUT2D eigenvalue weighted by atomic mass is 35.5. The number of benzene rings is 1. The third kappa shape index (κ3) is 4.93. The second-order valence-electron chi connectivity index (χ2n) is 10.4. The molecule has 3 aromatic heterocycles. The topological polar surface area (TPSA) is 94.0 Å². The monoisotopic (exact) mass is 554 g/mol. The predicted octanol–water partition coefficient (Wildman–Crippen LogP) is 6.97. The lowest BCUT2D eigenvalue weighted by Crippen LogP contribution is -2.36. The van der Waals surface area contributed by atoms with Crippen LogP contribution in [0.1, 0.15) is 74.4 Å². The summed E-state index contributed by atoms with van der Waals surface area (Å²) >= 11 is 8.07. The fraction of sp³-hybridized carbons (Fsp3) is 0.414. The molecule has 1 N–H and O–H groups in total. The maximum Gasteiger partial charge on any atom is 0.313 e. The molecular weight excluding hydrogens is 524 g/mol. The predicted molar refractivity (Wildman–Crippen MR) is 148 cm³/mol. The van der Waals surface area contributed by atoms with Crippen LogP contribution in [0.4, 0.5) is 0 Å². The molecule has 4 aromatic rings. The minimum absolute atomic E-state index is 0.120. The molecule has 1 aliphatic carbocycles. The lowest BCUT2D eigenvalue weighted by atomic mass is 9.84. The number of rotatable bonds is 8. The van der Waals surface area contributed by atoms with Crippen molar-refractivity contribution in [1.29, 1.82) is 0 Å². The molecule has 0 bridgehead atoms. The number of ether oxygens (including phenoxy) is 1. The molecule has 7 nitrogen and oxygen atoms in total. The number of fused-ring (bicyclic) bond motifs is 1. The van der Waals surface area contributed by atoms with Crippen LogP contribution >= 0.6 is 22.9 Å². The molecule has 0 saturated heterocycles. The van der Waals surface area contributed by atoms with E-state index >= 15 is 0 Å². The Kier molecular flexibility index (Phi) is 7.49. The van der Waals surface area contributed by atoms with Crippen molar-refractivity contribution in [3.8, 4) is 10.8 Å². The van der Waals surface area contributed by atoms with Crippen molar-refractivity contribution < 1.29 is 19.1 Å². The van der Waals surface area contributed by atoms with Crippen LogP contribution < -0.4 is 5.56 Å². The summed E-state index contributed by atoms with van der Waals surface area (Å²) in [6.07, 6.45) is 8.71. The first-order chi connectivity index (χ1) is 18.2. The Morgan fingerprint density at radius 3 is 2.68 bits per heavy atom. The Morgan fingerprint density at radius 1 is 1.29 bits per heavy atom. The smallest absolute Gasteiger partial charge is 0.313 e. The van der Waals surface area contributed by atoms with Crippen molar-refractivity contribution in [2.45, 2.75) is 76.9 Å². The van der Waals surface area contributed by atoms with Crippen molar-refractivity contribution in [2.75, 3.05) is 0 Å². The molecule has 3 heterocycles. The van der Waals surface area contributed by atoms with Gasteiger partial charge in [0.2, 0.25) is 5.89 Å². The van der Waals surface area contributed by atoms with Crippen LogP contribution in [0.25, 0.3) is 15.6 Å². The maximum absolute atomic E-state index is 13.8. The number of pyridine rings is 1. The minimum Gasteiger partial charge on any atom is -0.481 e. The molecule has 0 amide bonds. The van der Waals surface area contributed by atoms with Crippen LogP contribution in [-0.2, 0) is 21.4 Å².